The van der Waals surface area contributed by atoms with Gasteiger partial charge in [-0.05, 0) is 23.8 Å². The summed E-state index contributed by atoms with van der Waals surface area (Å²) in [6, 6.07) is 21.6. The fourth-order valence-electron chi connectivity index (χ4n) is 2.13. The van der Waals surface area contributed by atoms with Crippen LogP contribution in [0, 0.1) is 5.82 Å². The number of ether oxygens (including phenoxy) is 1. The van der Waals surface area contributed by atoms with Gasteiger partial charge >= 0.3 is 0 Å². The van der Waals surface area contributed by atoms with Gasteiger partial charge in [0.15, 0.2) is 5.75 Å². The van der Waals surface area contributed by atoms with Crippen LogP contribution in [0.2, 0.25) is 0 Å². The SMILES string of the molecule is Nc1ccc(F)cc1Oc1ccccc1-c1ccccc1. The maximum absolute atomic E-state index is 13.3. The Morgan fingerprint density at radius 3 is 2.29 bits per heavy atom. The van der Waals surface area contributed by atoms with Crippen LogP contribution in [0.3, 0.4) is 0 Å². The van der Waals surface area contributed by atoms with Gasteiger partial charge in [-0.3, -0.25) is 0 Å². The molecule has 0 atom stereocenters. The fraction of sp³-hybridized carbons (Fsp3) is 0. The van der Waals surface area contributed by atoms with Gasteiger partial charge in [-0.2, -0.15) is 0 Å². The molecule has 0 aliphatic heterocycles. The second-order valence-corrected chi connectivity index (χ2v) is 4.65. The zero-order chi connectivity index (χ0) is 14.7. The molecule has 3 heteroatoms. The van der Waals surface area contributed by atoms with E-state index in [0.29, 0.717) is 17.2 Å². The number of para-hydroxylation sites is 1. The van der Waals surface area contributed by atoms with Crippen LogP contribution in [0.1, 0.15) is 0 Å². The van der Waals surface area contributed by atoms with Crippen LogP contribution in [-0.2, 0) is 0 Å². The summed E-state index contributed by atoms with van der Waals surface area (Å²) < 4.78 is 19.1. The number of nitrogen functional groups attached to an aromatic ring is 1. The second-order valence-electron chi connectivity index (χ2n) is 4.65. The van der Waals surface area contributed by atoms with Gasteiger partial charge in [0.1, 0.15) is 11.6 Å². The number of benzene rings is 3. The molecule has 0 heterocycles. The molecule has 2 N–H and O–H groups in total. The van der Waals surface area contributed by atoms with Gasteiger partial charge in [0.25, 0.3) is 0 Å². The highest BCUT2D eigenvalue weighted by atomic mass is 19.1. The maximum atomic E-state index is 13.3. The van der Waals surface area contributed by atoms with Gasteiger partial charge in [0.05, 0.1) is 5.69 Å². The van der Waals surface area contributed by atoms with E-state index in [4.69, 9.17) is 10.5 Å². The number of hydrogen-bond acceptors (Lipinski definition) is 2. The molecule has 0 bridgehead atoms. The van der Waals surface area contributed by atoms with Crippen LogP contribution >= 0.6 is 0 Å². The summed E-state index contributed by atoms with van der Waals surface area (Å²) in [5.74, 6) is 0.579. The largest absolute Gasteiger partial charge is 0.454 e. The molecule has 0 amide bonds. The summed E-state index contributed by atoms with van der Waals surface area (Å²) in [7, 11) is 0. The van der Waals surface area contributed by atoms with Crippen molar-refractivity contribution in [2.24, 2.45) is 0 Å². The molecular weight excluding hydrogens is 265 g/mol. The van der Waals surface area contributed by atoms with Crippen molar-refractivity contribution in [2.75, 3.05) is 5.73 Å². The Kier molecular flexibility index (Phi) is 3.56. The lowest BCUT2D eigenvalue weighted by Gasteiger charge is -2.13. The van der Waals surface area contributed by atoms with Crippen LogP contribution in [0.5, 0.6) is 11.5 Å². The number of halogens is 1. The molecule has 0 unspecified atom stereocenters. The number of nitrogens with two attached hydrogens (primary N) is 1. The predicted molar refractivity (Wildman–Crippen MR) is 82.8 cm³/mol. The Balaban J connectivity index is 2.02. The zero-order valence-electron chi connectivity index (χ0n) is 11.3. The summed E-state index contributed by atoms with van der Waals surface area (Å²) in [5.41, 5.74) is 8.20. The van der Waals surface area contributed by atoms with Crippen molar-refractivity contribution in [1.29, 1.82) is 0 Å². The average molecular weight is 279 g/mol. The predicted octanol–water partition coefficient (Wildman–Crippen LogP) is 4.87. The molecule has 0 aromatic heterocycles. The first-order valence-electron chi connectivity index (χ1n) is 6.61. The van der Waals surface area contributed by atoms with Crippen LogP contribution in [0.15, 0.2) is 72.8 Å². The van der Waals surface area contributed by atoms with Gasteiger partial charge < -0.3 is 10.5 Å². The molecule has 3 aromatic carbocycles. The highest BCUT2D eigenvalue weighted by Gasteiger charge is 2.09. The third kappa shape index (κ3) is 2.87. The smallest absolute Gasteiger partial charge is 0.153 e. The lowest BCUT2D eigenvalue weighted by Crippen LogP contribution is -1.94. The summed E-state index contributed by atoms with van der Waals surface area (Å²) in [6.07, 6.45) is 0. The molecular formula is C18H14FNO. The Bertz CT molecular complexity index is 756. The molecule has 104 valence electrons. The van der Waals surface area contributed by atoms with E-state index in [1.54, 1.807) is 0 Å². The molecule has 0 aliphatic rings. The molecule has 0 spiro atoms. The summed E-state index contributed by atoms with van der Waals surface area (Å²) >= 11 is 0. The first-order valence-corrected chi connectivity index (χ1v) is 6.61. The summed E-state index contributed by atoms with van der Waals surface area (Å²) in [5, 5.41) is 0. The Morgan fingerprint density at radius 1 is 0.762 bits per heavy atom. The van der Waals surface area contributed by atoms with Crippen molar-refractivity contribution >= 4 is 5.69 Å². The molecule has 3 rings (SSSR count). The quantitative estimate of drug-likeness (QED) is 0.694. The van der Waals surface area contributed by atoms with E-state index in [9.17, 15) is 4.39 Å². The Morgan fingerprint density at radius 2 is 1.48 bits per heavy atom. The minimum atomic E-state index is -0.378. The van der Waals surface area contributed by atoms with Crippen LogP contribution in [0.4, 0.5) is 10.1 Å². The number of hydrogen-bond donors (Lipinski definition) is 1. The lowest BCUT2D eigenvalue weighted by molar-refractivity contribution is 0.481. The van der Waals surface area contributed by atoms with Crippen LogP contribution < -0.4 is 10.5 Å². The molecule has 3 aromatic rings. The fourth-order valence-corrected chi connectivity index (χ4v) is 2.13. The van der Waals surface area contributed by atoms with Crippen molar-refractivity contribution in [1.82, 2.24) is 0 Å². The van der Waals surface area contributed by atoms with E-state index >= 15 is 0 Å². The van der Waals surface area contributed by atoms with Crippen molar-refractivity contribution in [3.05, 3.63) is 78.6 Å². The van der Waals surface area contributed by atoms with E-state index in [1.807, 2.05) is 54.6 Å². The molecule has 0 radical (unpaired) electrons. The van der Waals surface area contributed by atoms with Crippen LogP contribution in [-0.4, -0.2) is 0 Å². The second kappa shape index (κ2) is 5.67. The van der Waals surface area contributed by atoms with E-state index in [-0.39, 0.29) is 5.82 Å². The van der Waals surface area contributed by atoms with Crippen molar-refractivity contribution in [2.45, 2.75) is 0 Å². The monoisotopic (exact) mass is 279 g/mol. The van der Waals surface area contributed by atoms with Gasteiger partial charge in [-0.25, -0.2) is 4.39 Å². The first kappa shape index (κ1) is 13.2. The van der Waals surface area contributed by atoms with Gasteiger partial charge in [0, 0.05) is 11.6 Å². The number of rotatable bonds is 3. The third-order valence-corrected chi connectivity index (χ3v) is 3.17. The van der Waals surface area contributed by atoms with Crippen LogP contribution in [0.25, 0.3) is 11.1 Å². The standard InChI is InChI=1S/C18H14FNO/c19-14-10-11-16(20)18(12-14)21-17-9-5-4-8-15(17)13-6-2-1-3-7-13/h1-12H,20H2. The van der Waals surface area contributed by atoms with Crippen molar-refractivity contribution in [3.8, 4) is 22.6 Å². The Hall–Kier alpha value is -2.81. The van der Waals surface area contributed by atoms with Gasteiger partial charge in [-0.15, -0.1) is 0 Å². The minimum absolute atomic E-state index is 0.318. The normalized spacial score (nSPS) is 10.3. The molecule has 0 fully saturated rings. The molecule has 21 heavy (non-hydrogen) atoms. The van der Waals surface area contributed by atoms with Gasteiger partial charge in [-0.1, -0.05) is 48.5 Å². The van der Waals surface area contributed by atoms with Gasteiger partial charge in [0.2, 0.25) is 0 Å². The zero-order valence-corrected chi connectivity index (χ0v) is 11.3. The maximum Gasteiger partial charge on any atom is 0.153 e. The topological polar surface area (TPSA) is 35.2 Å². The molecule has 0 saturated carbocycles. The molecule has 2 nitrogen and oxygen atoms in total. The minimum Gasteiger partial charge on any atom is -0.454 e. The highest BCUT2D eigenvalue weighted by molar-refractivity contribution is 5.71. The Labute approximate surface area is 122 Å². The highest BCUT2D eigenvalue weighted by Crippen LogP contribution is 2.35. The van der Waals surface area contributed by atoms with E-state index < -0.39 is 0 Å². The summed E-state index contributed by atoms with van der Waals surface area (Å²) in [6.45, 7) is 0. The first-order chi connectivity index (χ1) is 10.2. The lowest BCUT2D eigenvalue weighted by atomic mass is 10.0. The van der Waals surface area contributed by atoms with Crippen molar-refractivity contribution in [3.63, 3.8) is 0 Å². The molecule has 0 saturated heterocycles. The molecule has 0 aliphatic carbocycles. The average Bonchev–Trinajstić information content (AvgIpc) is 2.52. The summed E-state index contributed by atoms with van der Waals surface area (Å²) in [4.78, 5) is 0. The number of anilines is 1. The van der Waals surface area contributed by atoms with Crippen molar-refractivity contribution < 1.29 is 9.13 Å². The van der Waals surface area contributed by atoms with E-state index in [1.165, 1.54) is 18.2 Å². The third-order valence-electron chi connectivity index (χ3n) is 3.17. The van der Waals surface area contributed by atoms with E-state index in [0.717, 1.165) is 11.1 Å². The van der Waals surface area contributed by atoms with E-state index in [2.05, 4.69) is 0 Å².